The van der Waals surface area contributed by atoms with E-state index in [1.165, 1.54) is 0 Å². The molecule has 2 aromatic rings. The molecule has 24 heavy (non-hydrogen) atoms. The molecule has 0 saturated carbocycles. The van der Waals surface area contributed by atoms with E-state index in [1.807, 2.05) is 18.2 Å². The Morgan fingerprint density at radius 2 is 1.83 bits per heavy atom. The van der Waals surface area contributed by atoms with E-state index in [9.17, 15) is 0 Å². The van der Waals surface area contributed by atoms with Crippen molar-refractivity contribution < 1.29 is 14.0 Å². The summed E-state index contributed by atoms with van der Waals surface area (Å²) >= 11 is 0. The minimum Gasteiger partial charge on any atom is -0.493 e. The highest BCUT2D eigenvalue weighted by Gasteiger charge is 2.26. The second-order valence-corrected chi connectivity index (χ2v) is 6.43. The van der Waals surface area contributed by atoms with Crippen LogP contribution in [0.3, 0.4) is 0 Å². The summed E-state index contributed by atoms with van der Waals surface area (Å²) in [6, 6.07) is 6.23. The molecule has 0 N–H and O–H groups in total. The van der Waals surface area contributed by atoms with Gasteiger partial charge >= 0.3 is 0 Å². The van der Waals surface area contributed by atoms with Gasteiger partial charge in [-0.2, -0.15) is 4.98 Å². The van der Waals surface area contributed by atoms with Crippen LogP contribution in [0.1, 0.15) is 38.5 Å². The Balaban J connectivity index is 1.74. The van der Waals surface area contributed by atoms with Gasteiger partial charge in [-0.15, -0.1) is 0 Å². The number of ether oxygens (including phenoxy) is 2. The van der Waals surface area contributed by atoms with Crippen LogP contribution in [0.15, 0.2) is 22.7 Å². The van der Waals surface area contributed by atoms with E-state index in [0.717, 1.165) is 37.4 Å². The zero-order valence-corrected chi connectivity index (χ0v) is 14.8. The quantitative estimate of drug-likeness (QED) is 0.837. The van der Waals surface area contributed by atoms with E-state index < -0.39 is 0 Å². The number of rotatable bonds is 5. The van der Waals surface area contributed by atoms with Crippen LogP contribution in [0, 0.1) is 0 Å². The van der Waals surface area contributed by atoms with Crippen molar-refractivity contribution in [2.45, 2.75) is 38.6 Å². The maximum absolute atomic E-state index is 5.53. The lowest BCUT2D eigenvalue weighted by molar-refractivity contribution is 0.160. The van der Waals surface area contributed by atoms with Crippen molar-refractivity contribution in [3.8, 4) is 22.9 Å². The summed E-state index contributed by atoms with van der Waals surface area (Å²) in [4.78, 5) is 7.10. The largest absolute Gasteiger partial charge is 0.493 e. The molecule has 0 bridgehead atoms. The van der Waals surface area contributed by atoms with E-state index in [2.05, 4.69) is 28.9 Å². The Kier molecular flexibility index (Phi) is 5.04. The number of likely N-dealkylation sites (tertiary alicyclic amines) is 1. The molecule has 0 radical (unpaired) electrons. The van der Waals surface area contributed by atoms with Crippen molar-refractivity contribution >= 4 is 0 Å². The van der Waals surface area contributed by atoms with E-state index in [4.69, 9.17) is 14.0 Å². The molecule has 3 rings (SSSR count). The molecule has 0 aliphatic carbocycles. The standard InChI is InChI=1S/C18H25N3O3/c1-12(2)21-9-7-13(8-10-21)18-19-17(20-24-18)14-5-6-15(22-3)16(11-14)23-4/h5-6,11-13H,7-10H2,1-4H3. The zero-order chi connectivity index (χ0) is 17.1. The van der Waals surface area contributed by atoms with Gasteiger partial charge in [0.15, 0.2) is 11.5 Å². The third-order valence-corrected chi connectivity index (χ3v) is 4.69. The fraction of sp³-hybridized carbons (Fsp3) is 0.556. The molecular formula is C18H25N3O3. The normalized spacial score (nSPS) is 16.5. The summed E-state index contributed by atoms with van der Waals surface area (Å²) in [5, 5.41) is 4.15. The first-order valence-corrected chi connectivity index (χ1v) is 8.42. The van der Waals surface area contributed by atoms with Crippen LogP contribution >= 0.6 is 0 Å². The Bertz CT molecular complexity index is 676. The third-order valence-electron chi connectivity index (χ3n) is 4.69. The van der Waals surface area contributed by atoms with E-state index in [0.29, 0.717) is 29.3 Å². The summed E-state index contributed by atoms with van der Waals surface area (Å²) in [7, 11) is 3.24. The third kappa shape index (κ3) is 3.38. The molecule has 0 spiro atoms. The van der Waals surface area contributed by atoms with Crippen molar-refractivity contribution in [1.82, 2.24) is 15.0 Å². The lowest BCUT2D eigenvalue weighted by Gasteiger charge is -2.33. The predicted octanol–water partition coefficient (Wildman–Crippen LogP) is 3.34. The van der Waals surface area contributed by atoms with Crippen LogP contribution in [0.5, 0.6) is 11.5 Å². The van der Waals surface area contributed by atoms with E-state index >= 15 is 0 Å². The molecule has 1 saturated heterocycles. The first-order chi connectivity index (χ1) is 11.6. The summed E-state index contributed by atoms with van der Waals surface area (Å²) in [6.45, 7) is 6.64. The minimum absolute atomic E-state index is 0.349. The lowest BCUT2D eigenvalue weighted by Crippen LogP contribution is -2.37. The van der Waals surface area contributed by atoms with Crippen molar-refractivity contribution in [2.24, 2.45) is 0 Å². The maximum atomic E-state index is 5.53. The molecule has 6 heteroatoms. The average Bonchev–Trinajstić information content (AvgIpc) is 3.11. The Morgan fingerprint density at radius 3 is 2.46 bits per heavy atom. The second kappa shape index (κ2) is 7.21. The summed E-state index contributed by atoms with van der Waals surface area (Å²) in [6.07, 6.45) is 2.12. The first-order valence-electron chi connectivity index (χ1n) is 8.42. The Morgan fingerprint density at radius 1 is 1.12 bits per heavy atom. The van der Waals surface area contributed by atoms with Gasteiger partial charge in [0, 0.05) is 17.5 Å². The number of benzene rings is 1. The topological polar surface area (TPSA) is 60.6 Å². The van der Waals surface area contributed by atoms with Gasteiger partial charge in [0.2, 0.25) is 11.7 Å². The van der Waals surface area contributed by atoms with Gasteiger partial charge in [0.05, 0.1) is 14.2 Å². The summed E-state index contributed by atoms with van der Waals surface area (Å²) in [5.74, 6) is 3.03. The van der Waals surface area contributed by atoms with Crippen LogP contribution in [0.25, 0.3) is 11.4 Å². The van der Waals surface area contributed by atoms with Crippen LogP contribution in [0.4, 0.5) is 0 Å². The first kappa shape index (κ1) is 16.8. The Labute approximate surface area is 142 Å². The fourth-order valence-electron chi connectivity index (χ4n) is 3.16. The predicted molar refractivity (Wildman–Crippen MR) is 91.5 cm³/mol. The molecule has 1 fully saturated rings. The molecule has 2 heterocycles. The van der Waals surface area contributed by atoms with Crippen LogP contribution in [-0.4, -0.2) is 48.4 Å². The molecule has 1 aliphatic heterocycles. The summed E-state index contributed by atoms with van der Waals surface area (Å²) in [5.41, 5.74) is 0.863. The molecule has 0 amide bonds. The Hall–Kier alpha value is -2.08. The molecule has 1 aliphatic rings. The van der Waals surface area contributed by atoms with Crippen molar-refractivity contribution in [3.63, 3.8) is 0 Å². The fourth-order valence-corrected chi connectivity index (χ4v) is 3.16. The molecule has 0 unspecified atom stereocenters. The number of aromatic nitrogens is 2. The smallest absolute Gasteiger partial charge is 0.230 e. The maximum Gasteiger partial charge on any atom is 0.230 e. The lowest BCUT2D eigenvalue weighted by atomic mass is 9.96. The molecule has 130 valence electrons. The number of methoxy groups -OCH3 is 2. The van der Waals surface area contributed by atoms with E-state index in [-0.39, 0.29) is 0 Å². The highest BCUT2D eigenvalue weighted by atomic mass is 16.5. The van der Waals surface area contributed by atoms with Gasteiger partial charge in [-0.05, 0) is 58.0 Å². The second-order valence-electron chi connectivity index (χ2n) is 6.43. The minimum atomic E-state index is 0.349. The number of nitrogens with zero attached hydrogens (tertiary/aromatic N) is 3. The molecule has 6 nitrogen and oxygen atoms in total. The van der Waals surface area contributed by atoms with Gasteiger partial charge in [-0.3, -0.25) is 0 Å². The van der Waals surface area contributed by atoms with Crippen LogP contribution < -0.4 is 9.47 Å². The van der Waals surface area contributed by atoms with E-state index in [1.54, 1.807) is 14.2 Å². The summed E-state index contributed by atoms with van der Waals surface area (Å²) < 4.78 is 16.1. The SMILES string of the molecule is COc1ccc(-c2noc(C3CCN(C(C)C)CC3)n2)cc1OC. The average molecular weight is 331 g/mol. The molecular weight excluding hydrogens is 306 g/mol. The van der Waals surface area contributed by atoms with Crippen LogP contribution in [0.2, 0.25) is 0 Å². The zero-order valence-electron chi connectivity index (χ0n) is 14.8. The number of hydrogen-bond donors (Lipinski definition) is 0. The van der Waals surface area contributed by atoms with Gasteiger partial charge in [0.25, 0.3) is 0 Å². The molecule has 1 aromatic heterocycles. The van der Waals surface area contributed by atoms with Gasteiger partial charge in [-0.1, -0.05) is 5.16 Å². The van der Waals surface area contributed by atoms with Gasteiger partial charge < -0.3 is 18.9 Å². The van der Waals surface area contributed by atoms with Crippen molar-refractivity contribution in [1.29, 1.82) is 0 Å². The number of piperidine rings is 1. The van der Waals surface area contributed by atoms with Gasteiger partial charge in [0.1, 0.15) is 0 Å². The number of hydrogen-bond acceptors (Lipinski definition) is 6. The molecule has 0 atom stereocenters. The van der Waals surface area contributed by atoms with Crippen molar-refractivity contribution in [2.75, 3.05) is 27.3 Å². The van der Waals surface area contributed by atoms with Crippen LogP contribution in [-0.2, 0) is 0 Å². The molecule has 1 aromatic carbocycles. The monoisotopic (exact) mass is 331 g/mol. The highest BCUT2D eigenvalue weighted by Crippen LogP contribution is 2.33. The van der Waals surface area contributed by atoms with Crippen molar-refractivity contribution in [3.05, 3.63) is 24.1 Å². The van der Waals surface area contributed by atoms with Gasteiger partial charge in [-0.25, -0.2) is 0 Å². The highest BCUT2D eigenvalue weighted by molar-refractivity contribution is 5.60.